The molecular weight excluding hydrogens is 346 g/mol. The van der Waals surface area contributed by atoms with E-state index in [-0.39, 0.29) is 11.5 Å². The fourth-order valence-electron chi connectivity index (χ4n) is 3.41. The first-order valence-corrected chi connectivity index (χ1v) is 7.84. The number of nitrogens with one attached hydrogen (secondary N) is 2. The molecule has 1 unspecified atom stereocenters. The van der Waals surface area contributed by atoms with Crippen molar-refractivity contribution >= 4 is 28.5 Å². The van der Waals surface area contributed by atoms with Crippen LogP contribution in [0.3, 0.4) is 0 Å². The van der Waals surface area contributed by atoms with E-state index in [9.17, 15) is 25.3 Å². The van der Waals surface area contributed by atoms with E-state index in [0.29, 0.717) is 16.6 Å². The van der Waals surface area contributed by atoms with Crippen LogP contribution in [0.15, 0.2) is 18.6 Å². The fraction of sp³-hybridized carbons (Fsp3) is 0.400. The summed E-state index contributed by atoms with van der Waals surface area (Å²) in [4.78, 5) is 20.1. The van der Waals surface area contributed by atoms with E-state index in [4.69, 9.17) is 4.74 Å². The first kappa shape index (κ1) is 16.9. The van der Waals surface area contributed by atoms with Crippen LogP contribution in [-0.4, -0.2) is 65.4 Å². The van der Waals surface area contributed by atoms with Crippen LogP contribution < -0.4 is 10.8 Å². The summed E-state index contributed by atoms with van der Waals surface area (Å²) in [7, 11) is 0. The monoisotopic (exact) mass is 363 g/mol. The largest absolute Gasteiger partial charge is 0.394 e. The van der Waals surface area contributed by atoms with Crippen molar-refractivity contribution in [2.45, 2.75) is 31.0 Å². The zero-order valence-corrected chi connectivity index (χ0v) is 13.6. The summed E-state index contributed by atoms with van der Waals surface area (Å²) in [6, 6.07) is 0. The minimum Gasteiger partial charge on any atom is -0.394 e. The molecule has 1 amide bonds. The number of nitrogens with zero attached hydrogens (tertiary/aromatic N) is 3. The maximum Gasteiger partial charge on any atom is 0.251 e. The highest BCUT2D eigenvalue weighted by molar-refractivity contribution is 6.13. The van der Waals surface area contributed by atoms with E-state index in [1.165, 1.54) is 24.0 Å². The average Bonchev–Trinajstić information content (AvgIpc) is 3.04. The van der Waals surface area contributed by atoms with Crippen LogP contribution in [0.2, 0.25) is 0 Å². The third-order valence-electron chi connectivity index (χ3n) is 4.72. The van der Waals surface area contributed by atoms with Crippen LogP contribution in [0.1, 0.15) is 18.7 Å². The molecule has 1 saturated heterocycles. The molecule has 2 aromatic rings. The molecule has 4 atom stereocenters. The predicted octanol–water partition coefficient (Wildman–Crippen LogP) is -1.30. The fourth-order valence-corrected chi connectivity index (χ4v) is 3.41. The van der Waals surface area contributed by atoms with Gasteiger partial charge >= 0.3 is 0 Å². The first-order valence-electron chi connectivity index (χ1n) is 7.84. The summed E-state index contributed by atoms with van der Waals surface area (Å²) >= 11 is 0. The van der Waals surface area contributed by atoms with Gasteiger partial charge in [-0.25, -0.2) is 9.97 Å². The molecular formula is C15H17N5O6. The number of hydroxylamine groups is 1. The van der Waals surface area contributed by atoms with E-state index >= 15 is 0 Å². The van der Waals surface area contributed by atoms with Gasteiger partial charge in [0, 0.05) is 17.8 Å². The Kier molecular flexibility index (Phi) is 3.71. The molecule has 1 fully saturated rings. The van der Waals surface area contributed by atoms with Gasteiger partial charge in [0.25, 0.3) is 5.91 Å². The number of aliphatic hydroxyl groups excluding tert-OH is 2. The molecule has 2 aliphatic heterocycles. The molecule has 0 saturated carbocycles. The smallest absolute Gasteiger partial charge is 0.251 e. The molecule has 2 aliphatic rings. The van der Waals surface area contributed by atoms with Crippen molar-refractivity contribution in [1.29, 1.82) is 0 Å². The molecule has 0 aromatic carbocycles. The predicted molar refractivity (Wildman–Crippen MR) is 86.7 cm³/mol. The lowest BCUT2D eigenvalue weighted by molar-refractivity contribution is -0.111. The Bertz CT molecular complexity index is 923. The molecule has 0 spiro atoms. The highest BCUT2D eigenvalue weighted by Crippen LogP contribution is 2.42. The lowest BCUT2D eigenvalue weighted by Gasteiger charge is -2.27. The minimum atomic E-state index is -1.72. The molecule has 0 aliphatic carbocycles. The van der Waals surface area contributed by atoms with E-state index in [1.807, 2.05) is 5.48 Å². The van der Waals surface area contributed by atoms with Crippen molar-refractivity contribution in [3.8, 4) is 0 Å². The number of aromatic nitrogens is 3. The Morgan fingerprint density at radius 2 is 2.23 bits per heavy atom. The van der Waals surface area contributed by atoms with E-state index < -0.39 is 36.6 Å². The molecule has 4 heterocycles. The minimum absolute atomic E-state index is 0.108. The maximum atomic E-state index is 11.9. The van der Waals surface area contributed by atoms with Gasteiger partial charge in [0.1, 0.15) is 35.6 Å². The van der Waals surface area contributed by atoms with Gasteiger partial charge in [-0.15, -0.1) is 0 Å². The van der Waals surface area contributed by atoms with Gasteiger partial charge in [-0.3, -0.25) is 15.5 Å². The molecule has 138 valence electrons. The van der Waals surface area contributed by atoms with Crippen LogP contribution in [0, 0.1) is 0 Å². The number of carbonyl (C=O) groups is 1. The van der Waals surface area contributed by atoms with Crippen molar-refractivity contribution in [1.82, 2.24) is 20.0 Å². The lowest BCUT2D eigenvalue weighted by atomic mass is 9.96. The Morgan fingerprint density at radius 3 is 2.88 bits per heavy atom. The lowest BCUT2D eigenvalue weighted by Crippen LogP contribution is -2.44. The molecule has 2 aromatic heterocycles. The molecule has 11 heteroatoms. The summed E-state index contributed by atoms with van der Waals surface area (Å²) in [5, 5.41) is 42.7. The highest BCUT2D eigenvalue weighted by Gasteiger charge is 2.53. The molecule has 4 rings (SSSR count). The molecule has 6 N–H and O–H groups in total. The van der Waals surface area contributed by atoms with E-state index in [0.717, 1.165) is 6.08 Å². The van der Waals surface area contributed by atoms with Crippen LogP contribution in [0.5, 0.6) is 0 Å². The summed E-state index contributed by atoms with van der Waals surface area (Å²) in [6.45, 7) is 0.916. The Labute approximate surface area is 146 Å². The first-order chi connectivity index (χ1) is 12.4. The van der Waals surface area contributed by atoms with Crippen LogP contribution in [0.4, 0.5) is 5.82 Å². The normalized spacial score (nSPS) is 30.9. The number of anilines is 1. The van der Waals surface area contributed by atoms with Gasteiger partial charge < -0.3 is 29.9 Å². The summed E-state index contributed by atoms with van der Waals surface area (Å²) in [5.41, 5.74) is 1.07. The van der Waals surface area contributed by atoms with Crippen LogP contribution in [-0.2, 0) is 9.53 Å². The number of hydrogen-bond donors (Lipinski definition) is 6. The number of rotatable bonds is 3. The van der Waals surface area contributed by atoms with E-state index in [1.54, 1.807) is 0 Å². The summed E-state index contributed by atoms with van der Waals surface area (Å²) < 4.78 is 7.10. The van der Waals surface area contributed by atoms with Crippen molar-refractivity contribution in [2.24, 2.45) is 0 Å². The van der Waals surface area contributed by atoms with Crippen molar-refractivity contribution in [2.75, 3.05) is 11.9 Å². The van der Waals surface area contributed by atoms with Gasteiger partial charge in [0.2, 0.25) is 0 Å². The zero-order valence-electron chi connectivity index (χ0n) is 13.6. The number of amides is 1. The van der Waals surface area contributed by atoms with Gasteiger partial charge in [-0.1, -0.05) is 0 Å². The topological polar surface area (TPSA) is 162 Å². The average molecular weight is 363 g/mol. The molecule has 11 nitrogen and oxygen atoms in total. The van der Waals surface area contributed by atoms with E-state index in [2.05, 4.69) is 15.3 Å². The Hall–Kier alpha value is -2.57. The quantitative estimate of drug-likeness (QED) is 0.364. The summed E-state index contributed by atoms with van der Waals surface area (Å²) in [6.07, 6.45) is 0.542. The van der Waals surface area contributed by atoms with Crippen molar-refractivity contribution < 1.29 is 30.1 Å². The van der Waals surface area contributed by atoms with Gasteiger partial charge in [0.15, 0.2) is 6.23 Å². The second-order valence-corrected chi connectivity index (χ2v) is 6.41. The third-order valence-corrected chi connectivity index (χ3v) is 4.72. The summed E-state index contributed by atoms with van der Waals surface area (Å²) in [5.74, 6) is -0.253. The SMILES string of the molecule is CC1(O)[C@H](O)[C@@H](CO)O[C@H]1n1cc2c3c(ncnc31)NC(=O)C=C2NO. The van der Waals surface area contributed by atoms with Gasteiger partial charge in [0.05, 0.1) is 17.7 Å². The van der Waals surface area contributed by atoms with Gasteiger partial charge in [-0.05, 0) is 6.92 Å². The number of aliphatic hydroxyl groups is 3. The standard InChI is InChI=1S/C15H17N5O6/c1-15(24)11(23)8(4-21)26-14(15)20-3-6-7(19-25)2-9(22)18-12-10(6)13(20)17-5-16-12/h2-3,5,8,11,14,19,21,23-25H,4H2,1H3,(H,16,17,18,22)/t8-,11-,14-,15?/m1/s1. The number of carbonyl (C=O) groups excluding carboxylic acids is 1. The highest BCUT2D eigenvalue weighted by atomic mass is 16.6. The molecule has 0 bridgehead atoms. The Balaban J connectivity index is 1.94. The van der Waals surface area contributed by atoms with Crippen molar-refractivity contribution in [3.05, 3.63) is 24.2 Å². The molecule has 0 radical (unpaired) electrons. The number of hydrogen-bond acceptors (Lipinski definition) is 9. The molecule has 26 heavy (non-hydrogen) atoms. The maximum absolute atomic E-state index is 11.9. The second kappa shape index (κ2) is 5.72. The van der Waals surface area contributed by atoms with Crippen LogP contribution >= 0.6 is 0 Å². The number of ether oxygens (including phenoxy) is 1. The Morgan fingerprint density at radius 1 is 1.46 bits per heavy atom. The zero-order chi connectivity index (χ0) is 18.6. The van der Waals surface area contributed by atoms with Crippen molar-refractivity contribution in [3.63, 3.8) is 0 Å². The third kappa shape index (κ3) is 2.22. The van der Waals surface area contributed by atoms with Crippen LogP contribution in [0.25, 0.3) is 16.7 Å². The second-order valence-electron chi connectivity index (χ2n) is 6.41. The van der Waals surface area contributed by atoms with Gasteiger partial charge in [-0.2, -0.15) is 0 Å².